The van der Waals surface area contributed by atoms with E-state index in [4.69, 9.17) is 25.1 Å². The first-order valence-electron chi connectivity index (χ1n) is 10.9. The molecule has 172 valence electrons. The van der Waals surface area contributed by atoms with Crippen molar-refractivity contribution in [1.82, 2.24) is 0 Å². The highest BCUT2D eigenvalue weighted by Crippen LogP contribution is 2.41. The van der Waals surface area contributed by atoms with Crippen molar-refractivity contribution in [2.24, 2.45) is 0 Å². The predicted octanol–water partition coefficient (Wildman–Crippen LogP) is 2.70. The first-order valence-corrected chi connectivity index (χ1v) is 12.8. The van der Waals surface area contributed by atoms with Gasteiger partial charge in [-0.05, 0) is 15.4 Å². The summed E-state index contributed by atoms with van der Waals surface area (Å²) in [5.74, 6) is 2.70. The quantitative estimate of drug-likeness (QED) is 0.491. The summed E-state index contributed by atoms with van der Waals surface area (Å²) in [6, 6.07) is 20.7. The van der Waals surface area contributed by atoms with E-state index >= 15 is 0 Å². The number of methoxy groups -OCH3 is 2. The van der Waals surface area contributed by atoms with Gasteiger partial charge >= 0.3 is 0 Å². The van der Waals surface area contributed by atoms with Gasteiger partial charge in [0.1, 0.15) is 17.8 Å². The minimum absolute atomic E-state index is 0.167. The zero-order chi connectivity index (χ0) is 23.4. The molecule has 0 spiro atoms. The van der Waals surface area contributed by atoms with Gasteiger partial charge in [0, 0.05) is 20.6 Å². The van der Waals surface area contributed by atoms with Gasteiger partial charge in [-0.2, -0.15) is 0 Å². The fourth-order valence-corrected chi connectivity index (χ4v) is 9.45. The Morgan fingerprint density at radius 1 is 1.00 bits per heavy atom. The number of hydrogen-bond acceptors (Lipinski definition) is 5. The van der Waals surface area contributed by atoms with Crippen LogP contribution in [-0.4, -0.2) is 58.3 Å². The lowest BCUT2D eigenvalue weighted by Gasteiger charge is -2.45. The SMILES string of the molecule is C#CC[C@]1(CO[Si](c2ccccc2)(c2ccccc2)C(C)(C)C)OC(OC)[C@H](O)[C@@H]1OC. The third-order valence-corrected chi connectivity index (χ3v) is 11.3. The molecule has 0 bridgehead atoms. The molecule has 0 aromatic heterocycles. The molecule has 1 saturated heterocycles. The maximum Gasteiger partial charge on any atom is 0.261 e. The van der Waals surface area contributed by atoms with E-state index in [1.165, 1.54) is 7.11 Å². The van der Waals surface area contributed by atoms with E-state index in [2.05, 4.69) is 51.0 Å². The fraction of sp³-hybridized carbons (Fsp3) is 0.462. The molecule has 32 heavy (non-hydrogen) atoms. The van der Waals surface area contributed by atoms with Crippen molar-refractivity contribution in [2.45, 2.75) is 56.3 Å². The average Bonchev–Trinajstić information content (AvgIpc) is 3.05. The summed E-state index contributed by atoms with van der Waals surface area (Å²) in [5, 5.41) is 12.9. The number of terminal acetylenes is 1. The largest absolute Gasteiger partial charge is 0.404 e. The van der Waals surface area contributed by atoms with Gasteiger partial charge < -0.3 is 23.7 Å². The molecular formula is C26H34O5Si. The molecule has 3 rings (SSSR count). The van der Waals surface area contributed by atoms with Crippen molar-refractivity contribution in [2.75, 3.05) is 20.8 Å². The first-order chi connectivity index (χ1) is 15.3. The minimum atomic E-state index is -2.82. The molecule has 0 aliphatic carbocycles. The Hall–Kier alpha value is -1.98. The molecule has 4 atom stereocenters. The molecule has 0 radical (unpaired) electrons. The fourth-order valence-electron chi connectivity index (χ4n) is 4.84. The zero-order valence-electron chi connectivity index (χ0n) is 19.6. The van der Waals surface area contributed by atoms with E-state index in [9.17, 15) is 5.11 Å². The molecular weight excluding hydrogens is 420 g/mol. The van der Waals surface area contributed by atoms with Crippen molar-refractivity contribution in [3.63, 3.8) is 0 Å². The average molecular weight is 455 g/mol. The first kappa shape index (κ1) is 24.7. The van der Waals surface area contributed by atoms with Gasteiger partial charge in [0.05, 0.1) is 6.61 Å². The number of hydrogen-bond donors (Lipinski definition) is 1. The van der Waals surface area contributed by atoms with Crippen LogP contribution in [0, 0.1) is 12.3 Å². The second-order valence-corrected chi connectivity index (χ2v) is 13.6. The molecule has 2 aromatic carbocycles. The van der Waals surface area contributed by atoms with Crippen LogP contribution in [0.1, 0.15) is 27.2 Å². The van der Waals surface area contributed by atoms with E-state index in [-0.39, 0.29) is 18.1 Å². The molecule has 0 saturated carbocycles. The summed E-state index contributed by atoms with van der Waals surface area (Å²) in [4.78, 5) is 0. The molecule has 1 aliphatic rings. The molecule has 1 N–H and O–H groups in total. The molecule has 1 unspecified atom stereocenters. The van der Waals surface area contributed by atoms with Crippen molar-refractivity contribution >= 4 is 18.7 Å². The van der Waals surface area contributed by atoms with E-state index < -0.39 is 32.4 Å². The second kappa shape index (κ2) is 9.88. The maximum absolute atomic E-state index is 10.7. The van der Waals surface area contributed by atoms with Crippen LogP contribution in [0.4, 0.5) is 0 Å². The van der Waals surface area contributed by atoms with Crippen LogP contribution in [0.5, 0.6) is 0 Å². The molecule has 2 aromatic rings. The number of benzene rings is 2. The Labute approximate surface area is 192 Å². The molecule has 1 heterocycles. The third kappa shape index (κ3) is 4.29. The number of aliphatic hydroxyl groups excluding tert-OH is 1. The Bertz CT molecular complexity index is 866. The van der Waals surface area contributed by atoms with Crippen molar-refractivity contribution in [3.8, 4) is 12.3 Å². The molecule has 6 heteroatoms. The molecule has 1 fully saturated rings. The van der Waals surface area contributed by atoms with E-state index in [0.29, 0.717) is 0 Å². The van der Waals surface area contributed by atoms with E-state index in [1.54, 1.807) is 7.11 Å². The molecule has 0 amide bonds. The zero-order valence-corrected chi connectivity index (χ0v) is 20.6. The maximum atomic E-state index is 10.7. The van der Waals surface area contributed by atoms with Gasteiger partial charge in [-0.25, -0.2) is 0 Å². The number of rotatable bonds is 8. The van der Waals surface area contributed by atoms with Gasteiger partial charge in [-0.1, -0.05) is 81.4 Å². The van der Waals surface area contributed by atoms with Crippen LogP contribution in [0.15, 0.2) is 60.7 Å². The highest BCUT2D eigenvalue weighted by molar-refractivity contribution is 6.99. The van der Waals surface area contributed by atoms with Crippen LogP contribution < -0.4 is 10.4 Å². The highest BCUT2D eigenvalue weighted by atomic mass is 28.4. The monoisotopic (exact) mass is 454 g/mol. The Balaban J connectivity index is 2.12. The summed E-state index contributed by atoms with van der Waals surface area (Å²) in [7, 11) is 0.225. The van der Waals surface area contributed by atoms with Crippen molar-refractivity contribution in [1.29, 1.82) is 0 Å². The summed E-state index contributed by atoms with van der Waals surface area (Å²) in [5.41, 5.74) is -1.03. The lowest BCUT2D eigenvalue weighted by Crippen LogP contribution is -2.68. The Morgan fingerprint density at radius 3 is 1.94 bits per heavy atom. The van der Waals surface area contributed by atoms with Gasteiger partial charge in [0.15, 0.2) is 6.29 Å². The van der Waals surface area contributed by atoms with Crippen LogP contribution in [0.3, 0.4) is 0 Å². The Kier molecular flexibility index (Phi) is 7.61. The lowest BCUT2D eigenvalue weighted by atomic mass is 9.93. The topological polar surface area (TPSA) is 57.2 Å². The summed E-state index contributed by atoms with van der Waals surface area (Å²) in [6.07, 6.45) is 3.47. The van der Waals surface area contributed by atoms with Gasteiger partial charge in [0.25, 0.3) is 8.32 Å². The van der Waals surface area contributed by atoms with Crippen molar-refractivity contribution < 1.29 is 23.7 Å². The highest BCUT2D eigenvalue weighted by Gasteiger charge is 2.58. The number of ether oxygens (including phenoxy) is 3. The Morgan fingerprint density at radius 2 is 1.53 bits per heavy atom. The molecule has 5 nitrogen and oxygen atoms in total. The smallest absolute Gasteiger partial charge is 0.261 e. The lowest BCUT2D eigenvalue weighted by molar-refractivity contribution is -0.185. The standard InChI is InChI=1S/C26H34O5Si/c1-7-18-26(23(28-5)22(27)24(29-6)31-26)19-30-32(25(2,3)4,20-14-10-8-11-15-20)21-16-12-9-13-17-21/h1,8-17,22-24,27H,18-19H2,2-6H3/t22-,23+,24?,26-/m1/s1. The van der Waals surface area contributed by atoms with Gasteiger partial charge in [-0.3, -0.25) is 0 Å². The van der Waals surface area contributed by atoms with Crippen LogP contribution >= 0.6 is 0 Å². The van der Waals surface area contributed by atoms with Crippen molar-refractivity contribution in [3.05, 3.63) is 60.7 Å². The number of aliphatic hydroxyl groups is 1. The van der Waals surface area contributed by atoms with E-state index in [0.717, 1.165) is 10.4 Å². The molecule has 1 aliphatic heterocycles. The summed E-state index contributed by atoms with van der Waals surface area (Å²) in [6.45, 7) is 6.80. The minimum Gasteiger partial charge on any atom is -0.404 e. The van der Waals surface area contributed by atoms with Gasteiger partial charge in [0.2, 0.25) is 0 Å². The normalized spacial score (nSPS) is 26.1. The van der Waals surface area contributed by atoms with Crippen LogP contribution in [0.25, 0.3) is 0 Å². The predicted molar refractivity (Wildman–Crippen MR) is 128 cm³/mol. The summed E-state index contributed by atoms with van der Waals surface area (Å²) < 4.78 is 24.3. The second-order valence-electron chi connectivity index (χ2n) is 9.27. The van der Waals surface area contributed by atoms with Crippen LogP contribution in [0.2, 0.25) is 5.04 Å². The third-order valence-electron chi connectivity index (χ3n) is 6.30. The van der Waals surface area contributed by atoms with Crippen LogP contribution in [-0.2, 0) is 18.6 Å². The van der Waals surface area contributed by atoms with Gasteiger partial charge in [-0.15, -0.1) is 12.3 Å². The van der Waals surface area contributed by atoms with E-state index in [1.807, 2.05) is 36.4 Å². The summed E-state index contributed by atoms with van der Waals surface area (Å²) >= 11 is 0.